The molecule has 1 N–H and O–H groups in total. The number of rotatable bonds is 4. The van der Waals surface area contributed by atoms with Crippen LogP contribution in [0.4, 0.5) is 10.1 Å². The molecular weight excluding hydrogens is 455 g/mol. The smallest absolute Gasteiger partial charge is 0.256 e. The Kier molecular flexibility index (Phi) is 5.44. The second-order valence-electron chi connectivity index (χ2n) is 8.67. The Morgan fingerprint density at radius 3 is 2.44 bits per heavy atom. The van der Waals surface area contributed by atoms with Gasteiger partial charge in [0.15, 0.2) is 15.5 Å². The van der Waals surface area contributed by atoms with Crippen molar-refractivity contribution in [3.8, 4) is 11.3 Å². The van der Waals surface area contributed by atoms with Gasteiger partial charge < -0.3 is 5.32 Å². The number of aryl methyl sites for hydroxylation is 2. The third-order valence-electron chi connectivity index (χ3n) is 6.09. The Balaban J connectivity index is 1.67. The molecule has 3 heterocycles. The molecule has 0 bridgehead atoms. The van der Waals surface area contributed by atoms with Crippen LogP contribution in [0.5, 0.6) is 0 Å². The molecule has 0 aliphatic carbocycles. The first-order valence-electron chi connectivity index (χ1n) is 10.9. The molecule has 174 valence electrons. The number of carbonyl (C=O) groups excluding carboxylic acids is 1. The van der Waals surface area contributed by atoms with Crippen molar-refractivity contribution in [3.05, 3.63) is 77.2 Å². The zero-order valence-corrected chi connectivity index (χ0v) is 19.6. The van der Waals surface area contributed by atoms with Crippen LogP contribution in [0.25, 0.3) is 22.3 Å². The largest absolute Gasteiger partial charge is 0.322 e. The fourth-order valence-corrected chi connectivity index (χ4v) is 6.01. The maximum atomic E-state index is 13.5. The number of hydrogen-bond acceptors (Lipinski definition) is 5. The van der Waals surface area contributed by atoms with Crippen LogP contribution in [0.2, 0.25) is 0 Å². The van der Waals surface area contributed by atoms with E-state index in [2.05, 4.69) is 10.4 Å². The molecule has 1 fully saturated rings. The van der Waals surface area contributed by atoms with Gasteiger partial charge in [0.05, 0.1) is 39.9 Å². The lowest BCUT2D eigenvalue weighted by atomic mass is 10.0. The van der Waals surface area contributed by atoms with Crippen molar-refractivity contribution in [1.82, 2.24) is 14.8 Å². The van der Waals surface area contributed by atoms with E-state index in [9.17, 15) is 17.6 Å². The monoisotopic (exact) mass is 478 g/mol. The summed E-state index contributed by atoms with van der Waals surface area (Å²) in [5.41, 5.74) is 4.24. The number of sulfone groups is 1. The van der Waals surface area contributed by atoms with Gasteiger partial charge in [-0.15, -0.1) is 0 Å². The summed E-state index contributed by atoms with van der Waals surface area (Å²) in [6.07, 6.45) is 0.436. The lowest BCUT2D eigenvalue weighted by Gasteiger charge is -2.12. The summed E-state index contributed by atoms with van der Waals surface area (Å²) < 4.78 is 39.4. The molecule has 34 heavy (non-hydrogen) atoms. The third kappa shape index (κ3) is 4.19. The van der Waals surface area contributed by atoms with Crippen LogP contribution in [0, 0.1) is 19.7 Å². The first-order valence-corrected chi connectivity index (χ1v) is 12.8. The maximum absolute atomic E-state index is 13.5. The van der Waals surface area contributed by atoms with Gasteiger partial charge in [0.25, 0.3) is 5.91 Å². The summed E-state index contributed by atoms with van der Waals surface area (Å²) in [6, 6.07) is 14.6. The van der Waals surface area contributed by atoms with E-state index >= 15 is 0 Å². The zero-order chi connectivity index (χ0) is 24.0. The minimum absolute atomic E-state index is 0.0173. The van der Waals surface area contributed by atoms with Gasteiger partial charge >= 0.3 is 0 Å². The molecular formula is C25H23FN4O3S. The van der Waals surface area contributed by atoms with E-state index in [-0.39, 0.29) is 29.3 Å². The molecule has 5 rings (SSSR count). The van der Waals surface area contributed by atoms with E-state index < -0.39 is 9.84 Å². The van der Waals surface area contributed by atoms with Crippen molar-refractivity contribution in [3.63, 3.8) is 0 Å². The third-order valence-corrected chi connectivity index (χ3v) is 7.84. The van der Waals surface area contributed by atoms with Crippen molar-refractivity contribution in [2.75, 3.05) is 16.8 Å². The Hall–Kier alpha value is -3.59. The van der Waals surface area contributed by atoms with Crippen molar-refractivity contribution >= 4 is 32.5 Å². The number of aromatic nitrogens is 3. The van der Waals surface area contributed by atoms with Gasteiger partial charge in [-0.05, 0) is 62.7 Å². The lowest BCUT2D eigenvalue weighted by molar-refractivity contribution is 0.102. The summed E-state index contributed by atoms with van der Waals surface area (Å²) in [4.78, 5) is 18.2. The topological polar surface area (TPSA) is 93.9 Å². The number of fused-ring (bicyclic) bond motifs is 1. The van der Waals surface area contributed by atoms with Gasteiger partial charge in [-0.1, -0.05) is 17.7 Å². The van der Waals surface area contributed by atoms with Crippen molar-refractivity contribution < 1.29 is 17.6 Å². The molecule has 7 nitrogen and oxygen atoms in total. The quantitative estimate of drug-likeness (QED) is 0.467. The number of benzene rings is 2. The molecule has 1 amide bonds. The highest BCUT2D eigenvalue weighted by Gasteiger charge is 2.32. The number of halogens is 1. The van der Waals surface area contributed by atoms with E-state index in [0.29, 0.717) is 45.7 Å². The Bertz CT molecular complexity index is 1510. The molecule has 9 heteroatoms. The molecule has 0 spiro atoms. The highest BCUT2D eigenvalue weighted by atomic mass is 32.2. The molecule has 0 saturated carbocycles. The maximum Gasteiger partial charge on any atom is 0.256 e. The molecule has 1 aliphatic heterocycles. The summed E-state index contributed by atoms with van der Waals surface area (Å²) in [7, 11) is -3.15. The Morgan fingerprint density at radius 2 is 1.79 bits per heavy atom. The van der Waals surface area contributed by atoms with Gasteiger partial charge in [0.1, 0.15) is 5.82 Å². The highest BCUT2D eigenvalue weighted by Crippen LogP contribution is 2.32. The van der Waals surface area contributed by atoms with Crippen LogP contribution in [0.1, 0.15) is 34.1 Å². The minimum Gasteiger partial charge on any atom is -0.322 e. The summed E-state index contributed by atoms with van der Waals surface area (Å²) in [5, 5.41) is 8.09. The van der Waals surface area contributed by atoms with Crippen molar-refractivity contribution in [2.24, 2.45) is 0 Å². The van der Waals surface area contributed by atoms with Crippen LogP contribution in [0.15, 0.2) is 54.6 Å². The van der Waals surface area contributed by atoms with E-state index in [0.717, 1.165) is 5.56 Å². The Labute approximate surface area is 196 Å². The number of hydrogen-bond donors (Lipinski definition) is 1. The molecule has 1 atom stereocenters. The lowest BCUT2D eigenvalue weighted by Crippen LogP contribution is -2.15. The molecule has 1 saturated heterocycles. The predicted octanol–water partition coefficient (Wildman–Crippen LogP) is 4.47. The van der Waals surface area contributed by atoms with Crippen LogP contribution in [-0.4, -0.2) is 40.6 Å². The second-order valence-corrected chi connectivity index (χ2v) is 10.9. The molecule has 0 unspecified atom stereocenters. The highest BCUT2D eigenvalue weighted by molar-refractivity contribution is 7.91. The van der Waals surface area contributed by atoms with Gasteiger partial charge in [0.2, 0.25) is 0 Å². The normalized spacial score (nSPS) is 17.2. The zero-order valence-electron chi connectivity index (χ0n) is 18.7. The SMILES string of the molecule is Cc1ccc(NC(=O)c2cc(-c3ccc(F)cc3)nc3c2c(C)nn3[C@H]2CCS(=O)(=O)C2)cc1. The van der Waals surface area contributed by atoms with Gasteiger partial charge in [-0.25, -0.2) is 22.5 Å². The van der Waals surface area contributed by atoms with Crippen LogP contribution < -0.4 is 5.32 Å². The molecule has 0 radical (unpaired) electrons. The molecule has 2 aromatic heterocycles. The molecule has 1 aliphatic rings. The van der Waals surface area contributed by atoms with E-state index in [1.807, 2.05) is 31.2 Å². The van der Waals surface area contributed by atoms with E-state index in [4.69, 9.17) is 4.98 Å². The Morgan fingerprint density at radius 1 is 1.09 bits per heavy atom. The van der Waals surface area contributed by atoms with E-state index in [1.54, 1.807) is 29.8 Å². The van der Waals surface area contributed by atoms with Crippen LogP contribution >= 0.6 is 0 Å². The number of anilines is 1. The van der Waals surface area contributed by atoms with Gasteiger partial charge in [-0.2, -0.15) is 5.10 Å². The second kappa shape index (κ2) is 8.32. The number of amides is 1. The van der Waals surface area contributed by atoms with Gasteiger partial charge in [0, 0.05) is 11.3 Å². The number of nitrogens with one attached hydrogen (secondary N) is 1. The summed E-state index contributed by atoms with van der Waals surface area (Å²) in [6.45, 7) is 3.75. The number of pyridine rings is 1. The number of nitrogens with zero attached hydrogens (tertiary/aromatic N) is 3. The summed E-state index contributed by atoms with van der Waals surface area (Å²) in [5.74, 6) is -0.631. The van der Waals surface area contributed by atoms with Crippen LogP contribution in [-0.2, 0) is 9.84 Å². The fraction of sp³-hybridized carbons (Fsp3) is 0.240. The average Bonchev–Trinajstić information content (AvgIpc) is 3.34. The predicted molar refractivity (Wildman–Crippen MR) is 129 cm³/mol. The standard InChI is InChI=1S/C25H23FN4O3S/c1-15-3-9-19(10-4-15)27-25(31)21-13-22(17-5-7-18(26)8-6-17)28-24-23(21)16(2)29-30(24)20-11-12-34(32,33)14-20/h3-10,13,20H,11-12,14H2,1-2H3,(H,27,31)/t20-/m0/s1. The first kappa shape index (κ1) is 22.2. The first-order chi connectivity index (χ1) is 16.2. The van der Waals surface area contributed by atoms with Crippen molar-refractivity contribution in [2.45, 2.75) is 26.3 Å². The molecule has 2 aromatic carbocycles. The van der Waals surface area contributed by atoms with Gasteiger partial charge in [-0.3, -0.25) is 4.79 Å². The summed E-state index contributed by atoms with van der Waals surface area (Å²) >= 11 is 0. The minimum atomic E-state index is -3.15. The molecule has 4 aromatic rings. The number of carbonyl (C=O) groups is 1. The van der Waals surface area contributed by atoms with Crippen LogP contribution in [0.3, 0.4) is 0 Å². The average molecular weight is 479 g/mol. The fourth-order valence-electron chi connectivity index (χ4n) is 4.32. The van der Waals surface area contributed by atoms with Crippen molar-refractivity contribution in [1.29, 1.82) is 0 Å². The van der Waals surface area contributed by atoms with E-state index in [1.165, 1.54) is 12.1 Å².